The summed E-state index contributed by atoms with van der Waals surface area (Å²) in [5.74, 6) is 1.92. The van der Waals surface area contributed by atoms with Crippen LogP contribution >= 0.6 is 0 Å². The van der Waals surface area contributed by atoms with Crippen LogP contribution in [0.4, 0.5) is 4.79 Å². The Morgan fingerprint density at radius 1 is 1.13 bits per heavy atom. The van der Waals surface area contributed by atoms with Crippen molar-refractivity contribution in [2.24, 2.45) is 0 Å². The number of rotatable bonds is 4. The van der Waals surface area contributed by atoms with E-state index in [4.69, 9.17) is 13.9 Å². The highest BCUT2D eigenvalue weighted by Gasteiger charge is 2.55. The molecule has 1 aliphatic carbocycles. The number of carbonyl (C=O) groups excluding carboxylic acids is 2. The number of urea groups is 1. The van der Waals surface area contributed by atoms with Crippen molar-refractivity contribution in [1.82, 2.24) is 14.7 Å². The van der Waals surface area contributed by atoms with Crippen LogP contribution in [0.2, 0.25) is 0 Å². The summed E-state index contributed by atoms with van der Waals surface area (Å²) >= 11 is 0. The van der Waals surface area contributed by atoms with Gasteiger partial charge < -0.3 is 23.7 Å². The van der Waals surface area contributed by atoms with Crippen molar-refractivity contribution in [2.75, 3.05) is 33.9 Å². The van der Waals surface area contributed by atoms with Gasteiger partial charge in [0.05, 0.1) is 26.3 Å². The van der Waals surface area contributed by atoms with Gasteiger partial charge in [0.1, 0.15) is 16.9 Å². The van der Waals surface area contributed by atoms with E-state index in [0.29, 0.717) is 50.5 Å². The lowest BCUT2D eigenvalue weighted by molar-refractivity contribution is 0.0545. The Kier molecular flexibility index (Phi) is 6.24. The number of fused-ring (bicyclic) bond motifs is 4. The van der Waals surface area contributed by atoms with Crippen LogP contribution in [0.1, 0.15) is 72.7 Å². The zero-order valence-electron chi connectivity index (χ0n) is 23.5. The van der Waals surface area contributed by atoms with Gasteiger partial charge in [-0.3, -0.25) is 9.69 Å². The molecule has 8 nitrogen and oxygen atoms in total. The second-order valence-corrected chi connectivity index (χ2v) is 11.0. The van der Waals surface area contributed by atoms with Gasteiger partial charge in [-0.25, -0.2) is 4.79 Å². The molecule has 206 valence electrons. The third-order valence-corrected chi connectivity index (χ3v) is 9.05. The van der Waals surface area contributed by atoms with E-state index >= 15 is 0 Å². The Morgan fingerprint density at radius 2 is 1.87 bits per heavy atom. The van der Waals surface area contributed by atoms with Gasteiger partial charge in [0.25, 0.3) is 5.91 Å². The van der Waals surface area contributed by atoms with E-state index in [1.165, 1.54) is 0 Å². The molecule has 2 aromatic rings. The highest BCUT2D eigenvalue weighted by atomic mass is 16.5. The maximum atomic E-state index is 13.9. The number of likely N-dealkylation sites (tertiary alicyclic amines) is 1. The topological polar surface area (TPSA) is 75.5 Å². The highest BCUT2D eigenvalue weighted by molar-refractivity contribution is 5.93. The van der Waals surface area contributed by atoms with Gasteiger partial charge in [-0.05, 0) is 57.2 Å². The van der Waals surface area contributed by atoms with Crippen LogP contribution in [0, 0.1) is 6.92 Å². The molecule has 4 heterocycles. The summed E-state index contributed by atoms with van der Waals surface area (Å²) in [6, 6.07) is 3.95. The summed E-state index contributed by atoms with van der Waals surface area (Å²) in [6.07, 6.45) is 9.75. The number of amides is 3. The first-order valence-electron chi connectivity index (χ1n) is 14.0. The molecule has 3 amide bonds. The largest absolute Gasteiger partial charge is 0.497 e. The molecule has 0 unspecified atom stereocenters. The number of allylic oxidation sites excluding steroid dienone is 1. The molecule has 2 saturated heterocycles. The van der Waals surface area contributed by atoms with Crippen molar-refractivity contribution in [3.8, 4) is 11.5 Å². The van der Waals surface area contributed by atoms with Gasteiger partial charge in [-0.1, -0.05) is 19.1 Å². The molecule has 6 rings (SSSR count). The molecule has 3 aliphatic heterocycles. The van der Waals surface area contributed by atoms with Gasteiger partial charge >= 0.3 is 6.03 Å². The highest BCUT2D eigenvalue weighted by Crippen LogP contribution is 2.49. The van der Waals surface area contributed by atoms with Crippen molar-refractivity contribution in [1.29, 1.82) is 0 Å². The first-order valence-corrected chi connectivity index (χ1v) is 14.0. The number of benzene rings is 1. The summed E-state index contributed by atoms with van der Waals surface area (Å²) in [7, 11) is 3.32. The Bertz CT molecular complexity index is 1490. The molecule has 2 fully saturated rings. The second-order valence-electron chi connectivity index (χ2n) is 11.0. The number of carbonyl (C=O) groups is 2. The zero-order valence-corrected chi connectivity index (χ0v) is 23.5. The monoisotopic (exact) mass is 531 g/mol. The van der Waals surface area contributed by atoms with E-state index in [1.54, 1.807) is 14.2 Å². The van der Waals surface area contributed by atoms with Gasteiger partial charge in [-0.2, -0.15) is 0 Å². The third kappa shape index (κ3) is 3.79. The number of likely N-dealkylation sites (N-methyl/N-ethyl adjacent to an activating group) is 1. The fourth-order valence-electron chi connectivity index (χ4n) is 7.09. The van der Waals surface area contributed by atoms with E-state index < -0.39 is 5.54 Å². The van der Waals surface area contributed by atoms with Gasteiger partial charge in [-0.15, -0.1) is 0 Å². The molecule has 4 aliphatic rings. The lowest BCUT2D eigenvalue weighted by Crippen LogP contribution is -2.54. The van der Waals surface area contributed by atoms with Crippen molar-refractivity contribution < 1.29 is 23.5 Å². The molecule has 0 bridgehead atoms. The Morgan fingerprint density at radius 3 is 2.54 bits per heavy atom. The average molecular weight is 532 g/mol. The first kappa shape index (κ1) is 25.6. The molecular weight excluding hydrogens is 494 g/mol. The Labute approximate surface area is 229 Å². The van der Waals surface area contributed by atoms with Gasteiger partial charge in [0.2, 0.25) is 0 Å². The van der Waals surface area contributed by atoms with Crippen molar-refractivity contribution in [3.63, 3.8) is 0 Å². The van der Waals surface area contributed by atoms with Crippen LogP contribution in [0.15, 0.2) is 28.3 Å². The van der Waals surface area contributed by atoms with E-state index in [1.807, 2.05) is 40.7 Å². The molecule has 1 aromatic carbocycles. The number of hydrogen-bond acceptors (Lipinski definition) is 5. The third-order valence-electron chi connectivity index (χ3n) is 9.05. The molecule has 1 atom stereocenters. The smallest absolute Gasteiger partial charge is 0.325 e. The lowest BCUT2D eigenvalue weighted by Gasteiger charge is -2.44. The van der Waals surface area contributed by atoms with E-state index in [2.05, 4.69) is 25.2 Å². The fraction of sp³-hybridized carbons (Fsp3) is 0.484. The number of piperidine rings is 1. The quantitative estimate of drug-likeness (QED) is 0.599. The van der Waals surface area contributed by atoms with E-state index in [0.717, 1.165) is 51.6 Å². The van der Waals surface area contributed by atoms with E-state index in [-0.39, 0.29) is 17.9 Å². The zero-order chi connectivity index (χ0) is 27.5. The molecule has 0 radical (unpaired) electrons. The van der Waals surface area contributed by atoms with Crippen LogP contribution in [0.5, 0.6) is 11.5 Å². The molecule has 0 N–H and O–H groups in total. The van der Waals surface area contributed by atoms with Gasteiger partial charge in [0.15, 0.2) is 5.76 Å². The Hall–Kier alpha value is -3.68. The molecule has 0 saturated carbocycles. The number of methoxy groups -OCH3 is 2. The van der Waals surface area contributed by atoms with Crippen LogP contribution < -0.4 is 20.1 Å². The van der Waals surface area contributed by atoms with E-state index in [9.17, 15) is 9.59 Å². The van der Waals surface area contributed by atoms with Crippen LogP contribution in [0.25, 0.3) is 12.2 Å². The predicted octanol–water partition coefficient (Wildman–Crippen LogP) is 3.89. The normalized spacial score (nSPS) is 21.4. The van der Waals surface area contributed by atoms with Crippen molar-refractivity contribution in [3.05, 3.63) is 57.0 Å². The summed E-state index contributed by atoms with van der Waals surface area (Å²) in [6.45, 7) is 8.36. The predicted molar refractivity (Wildman–Crippen MR) is 148 cm³/mol. The first-order chi connectivity index (χ1) is 18.8. The number of furan rings is 1. The van der Waals surface area contributed by atoms with Crippen LogP contribution in [-0.4, -0.2) is 66.0 Å². The maximum Gasteiger partial charge on any atom is 0.325 e. The summed E-state index contributed by atoms with van der Waals surface area (Å²) in [5.41, 5.74) is 4.45. The minimum atomic E-state index is -0.449. The van der Waals surface area contributed by atoms with Crippen molar-refractivity contribution in [2.45, 2.75) is 64.5 Å². The minimum Gasteiger partial charge on any atom is -0.497 e. The molecule has 39 heavy (non-hydrogen) atoms. The molecule has 1 aromatic heterocycles. The molecular formula is C31H37N3O5. The number of ether oxygens (including phenoxy) is 2. The Balaban J connectivity index is 1.32. The number of hydrogen-bond donors (Lipinski definition) is 0. The maximum absolute atomic E-state index is 13.9. The van der Waals surface area contributed by atoms with Gasteiger partial charge in [0, 0.05) is 53.7 Å². The summed E-state index contributed by atoms with van der Waals surface area (Å²) in [5, 5.41) is 1.05. The standard InChI is InChI=1S/C31H37N3O5/c1-6-34-30(36)33-18-21-16-22(37-4)17-25(38-5)27(21)19(2)15-26(33)31(34)11-13-32(14-12-31)29(35)28-20(3)23-9-7-8-10-24(23)39-28/h9-10,15-17,19H,6-8,11-14,18H2,1-5H3/t19-/m0/s1. The van der Waals surface area contributed by atoms with Crippen molar-refractivity contribution >= 4 is 24.1 Å². The summed E-state index contributed by atoms with van der Waals surface area (Å²) in [4.78, 5) is 33.3. The molecule has 8 heteroatoms. The number of nitrogens with zero attached hydrogens (tertiary/aromatic N) is 3. The summed E-state index contributed by atoms with van der Waals surface area (Å²) < 4.78 is 17.3. The van der Waals surface area contributed by atoms with Crippen LogP contribution in [0.3, 0.4) is 0 Å². The average Bonchev–Trinajstić information content (AvgIpc) is 3.32. The SMILES string of the molecule is CCN1C(=O)N2Cc3cc(OC)cc(OC)c3[C@@H](C)C=C2C12CCN(C(=O)c1oc3c(c1C)=CCCC=3)CC2. The lowest BCUT2D eigenvalue weighted by atomic mass is 9.82. The minimum absolute atomic E-state index is 0.0194. The second kappa shape index (κ2) is 9.50. The van der Waals surface area contributed by atoms with Crippen LogP contribution in [-0.2, 0) is 6.54 Å². The molecule has 1 spiro atoms. The fourth-order valence-corrected chi connectivity index (χ4v) is 7.09.